The van der Waals surface area contributed by atoms with Gasteiger partial charge in [0.1, 0.15) is 5.82 Å². The molecule has 2 aromatic carbocycles. The number of imidazole rings is 1. The normalized spacial score (nSPS) is 10.9. The molecule has 0 radical (unpaired) electrons. The number of nitrogens with zero attached hydrogens (tertiary/aromatic N) is 4. The van der Waals surface area contributed by atoms with Gasteiger partial charge in [-0.3, -0.25) is 14.7 Å². The van der Waals surface area contributed by atoms with Crippen LogP contribution in [0.2, 0.25) is 0 Å². The Hall–Kier alpha value is -5.20. The fraction of sp³-hybridized carbons (Fsp3) is 0.200. The maximum Gasteiger partial charge on any atom is 0.323 e. The first-order chi connectivity index (χ1) is 18.6. The molecular formula is C25H25N9O4. The molecule has 5 aromatic rings. The average molecular weight is 516 g/mol. The predicted molar refractivity (Wildman–Crippen MR) is 142 cm³/mol. The Morgan fingerprint density at radius 2 is 1.97 bits per heavy atom. The van der Waals surface area contributed by atoms with E-state index in [-0.39, 0.29) is 24.7 Å². The lowest BCUT2D eigenvalue weighted by molar-refractivity contribution is -0.137. The molecule has 13 nitrogen and oxygen atoms in total. The van der Waals surface area contributed by atoms with E-state index in [2.05, 4.69) is 45.4 Å². The van der Waals surface area contributed by atoms with Crippen LogP contribution in [-0.4, -0.2) is 62.2 Å². The molecule has 5 rings (SSSR count). The minimum absolute atomic E-state index is 0.248. The van der Waals surface area contributed by atoms with E-state index in [0.29, 0.717) is 42.3 Å². The lowest BCUT2D eigenvalue weighted by Gasteiger charge is -2.25. The first kappa shape index (κ1) is 24.5. The van der Waals surface area contributed by atoms with Gasteiger partial charge < -0.3 is 30.2 Å². The van der Waals surface area contributed by atoms with Gasteiger partial charge in [-0.1, -0.05) is 6.07 Å². The van der Waals surface area contributed by atoms with Gasteiger partial charge >= 0.3 is 5.69 Å². The number of fused-ring (bicyclic) bond motifs is 2. The highest BCUT2D eigenvalue weighted by Crippen LogP contribution is 2.31. The molecule has 5 N–H and O–H groups in total. The van der Waals surface area contributed by atoms with Crippen molar-refractivity contribution < 1.29 is 14.3 Å². The van der Waals surface area contributed by atoms with Crippen molar-refractivity contribution in [1.82, 2.24) is 35.5 Å². The molecule has 0 unspecified atom stereocenters. The molecule has 0 aliphatic heterocycles. The number of benzene rings is 2. The van der Waals surface area contributed by atoms with Gasteiger partial charge in [-0.25, -0.2) is 9.78 Å². The summed E-state index contributed by atoms with van der Waals surface area (Å²) in [6.45, 7) is 1.02. The molecule has 0 aliphatic rings. The average Bonchev–Trinajstić information content (AvgIpc) is 3.55. The molecule has 0 bridgehead atoms. The van der Waals surface area contributed by atoms with Crippen LogP contribution in [0.15, 0.2) is 59.7 Å². The van der Waals surface area contributed by atoms with E-state index in [1.54, 1.807) is 18.5 Å². The number of aromatic amines is 3. The number of hydrogen-bond donors (Lipinski definition) is 5. The maximum absolute atomic E-state index is 11.7. The van der Waals surface area contributed by atoms with Crippen molar-refractivity contribution in [1.29, 1.82) is 0 Å². The number of aromatic nitrogens is 6. The Labute approximate surface area is 215 Å². The molecule has 0 spiro atoms. The Bertz CT molecular complexity index is 1620. The minimum Gasteiger partial charge on any atom is -0.458 e. The number of H-pyrrole nitrogens is 3. The van der Waals surface area contributed by atoms with Crippen molar-refractivity contribution in [3.8, 4) is 0 Å². The Balaban J connectivity index is 1.35. The molecule has 0 fully saturated rings. The number of rotatable bonds is 12. The second-order valence-corrected chi connectivity index (χ2v) is 8.43. The van der Waals surface area contributed by atoms with Gasteiger partial charge in [0.25, 0.3) is 12.4 Å². The number of carbonyl (C=O) groups is 2. The van der Waals surface area contributed by atoms with E-state index in [1.807, 2.05) is 36.4 Å². The molecule has 3 heterocycles. The third-order valence-corrected chi connectivity index (χ3v) is 5.86. The van der Waals surface area contributed by atoms with Gasteiger partial charge in [-0.2, -0.15) is 10.1 Å². The Morgan fingerprint density at radius 1 is 1.08 bits per heavy atom. The number of ether oxygens (including phenoxy) is 1. The fourth-order valence-corrected chi connectivity index (χ4v) is 4.13. The number of carbonyl (C=O) groups excluding carboxylic acids is 2. The highest BCUT2D eigenvalue weighted by molar-refractivity contribution is 5.93. The second-order valence-electron chi connectivity index (χ2n) is 8.43. The second kappa shape index (κ2) is 11.2. The first-order valence-corrected chi connectivity index (χ1v) is 11.9. The highest BCUT2D eigenvalue weighted by atomic mass is 16.5. The van der Waals surface area contributed by atoms with Gasteiger partial charge in [0, 0.05) is 30.4 Å². The zero-order chi connectivity index (χ0) is 26.3. The Kier molecular flexibility index (Phi) is 7.25. The first-order valence-electron chi connectivity index (χ1n) is 11.9. The van der Waals surface area contributed by atoms with E-state index in [4.69, 9.17) is 4.98 Å². The summed E-state index contributed by atoms with van der Waals surface area (Å²) in [6.07, 6.45) is 4.90. The lowest BCUT2D eigenvalue weighted by atomic mass is 10.2. The molecule has 0 saturated carbocycles. The molecule has 0 aliphatic carbocycles. The number of anilines is 4. The molecule has 38 heavy (non-hydrogen) atoms. The van der Waals surface area contributed by atoms with Crippen LogP contribution in [0.25, 0.3) is 21.9 Å². The summed E-state index contributed by atoms with van der Waals surface area (Å²) in [5, 5.41) is 14.1. The smallest absolute Gasteiger partial charge is 0.323 e. The van der Waals surface area contributed by atoms with Crippen LogP contribution in [-0.2, 0) is 14.3 Å². The summed E-state index contributed by atoms with van der Waals surface area (Å²) >= 11 is 0. The molecule has 3 aromatic heterocycles. The summed E-state index contributed by atoms with van der Waals surface area (Å²) in [6, 6.07) is 13.2. The van der Waals surface area contributed by atoms with Crippen LogP contribution in [0.3, 0.4) is 0 Å². The van der Waals surface area contributed by atoms with Gasteiger partial charge in [0.2, 0.25) is 5.95 Å². The molecular weight excluding hydrogens is 490 g/mol. The SMILES string of the molecule is O=COCC(=O)NCCCCN(c1ccnc(Nc2ccc3[nH]c(=O)[nH]c3c2)n1)c1cccc2[nH]ncc12. The van der Waals surface area contributed by atoms with Crippen LogP contribution >= 0.6 is 0 Å². The zero-order valence-electron chi connectivity index (χ0n) is 20.2. The number of amides is 1. The van der Waals surface area contributed by atoms with E-state index < -0.39 is 0 Å². The zero-order valence-corrected chi connectivity index (χ0v) is 20.2. The van der Waals surface area contributed by atoms with Crippen molar-refractivity contribution in [2.24, 2.45) is 0 Å². The topological polar surface area (TPSA) is 174 Å². The quantitative estimate of drug-likeness (QED) is 0.123. The number of unbranched alkanes of at least 4 members (excludes halogenated alkanes) is 1. The lowest BCUT2D eigenvalue weighted by Crippen LogP contribution is -2.29. The van der Waals surface area contributed by atoms with Crippen LogP contribution in [0, 0.1) is 0 Å². The van der Waals surface area contributed by atoms with Gasteiger partial charge in [0.15, 0.2) is 6.61 Å². The summed E-state index contributed by atoms with van der Waals surface area (Å²) in [4.78, 5) is 50.2. The van der Waals surface area contributed by atoms with Crippen LogP contribution in [0.1, 0.15) is 12.8 Å². The van der Waals surface area contributed by atoms with E-state index in [0.717, 1.165) is 28.7 Å². The van der Waals surface area contributed by atoms with Crippen molar-refractivity contribution >= 4 is 57.5 Å². The number of nitrogens with one attached hydrogen (secondary N) is 5. The van der Waals surface area contributed by atoms with Crippen molar-refractivity contribution in [2.75, 3.05) is 29.9 Å². The van der Waals surface area contributed by atoms with Gasteiger partial charge in [-0.15, -0.1) is 0 Å². The van der Waals surface area contributed by atoms with Crippen LogP contribution in [0.4, 0.5) is 23.1 Å². The van der Waals surface area contributed by atoms with E-state index in [9.17, 15) is 14.4 Å². The standard InChI is InChI=1S/C25H25N9O4/c35-15-38-14-23(36)26-9-1-2-11-34(21-5-3-4-18-17(21)13-28-33-18)22-8-10-27-24(32-22)29-16-6-7-19-20(12-16)31-25(37)30-19/h3-8,10,12-13,15H,1-2,9,11,14H2,(H,26,36)(H,28,33)(H,27,29,32)(H2,30,31,37). The largest absolute Gasteiger partial charge is 0.458 e. The highest BCUT2D eigenvalue weighted by Gasteiger charge is 2.16. The van der Waals surface area contributed by atoms with E-state index >= 15 is 0 Å². The third kappa shape index (κ3) is 5.61. The summed E-state index contributed by atoms with van der Waals surface area (Å²) in [5.74, 6) is 0.729. The van der Waals surface area contributed by atoms with Gasteiger partial charge in [-0.05, 0) is 49.2 Å². The molecule has 1 amide bonds. The van der Waals surface area contributed by atoms with E-state index in [1.165, 1.54) is 0 Å². The molecule has 0 atom stereocenters. The maximum atomic E-state index is 11.7. The van der Waals surface area contributed by atoms with Crippen molar-refractivity contribution in [3.05, 3.63) is 65.3 Å². The molecule has 13 heteroatoms. The van der Waals surface area contributed by atoms with Crippen LogP contribution in [0.5, 0.6) is 0 Å². The summed E-state index contributed by atoms with van der Waals surface area (Å²) in [5.41, 5.74) is 3.67. The fourth-order valence-electron chi connectivity index (χ4n) is 4.13. The number of hydrogen-bond acceptors (Lipinski definition) is 9. The predicted octanol–water partition coefficient (Wildman–Crippen LogP) is 2.47. The Morgan fingerprint density at radius 3 is 2.87 bits per heavy atom. The summed E-state index contributed by atoms with van der Waals surface area (Å²) < 4.78 is 4.47. The van der Waals surface area contributed by atoms with Crippen molar-refractivity contribution in [3.63, 3.8) is 0 Å². The van der Waals surface area contributed by atoms with Crippen molar-refractivity contribution in [2.45, 2.75) is 12.8 Å². The van der Waals surface area contributed by atoms with Crippen LogP contribution < -0.4 is 21.2 Å². The monoisotopic (exact) mass is 515 g/mol. The molecule has 194 valence electrons. The summed E-state index contributed by atoms with van der Waals surface area (Å²) in [7, 11) is 0. The van der Waals surface area contributed by atoms with Gasteiger partial charge in [0.05, 0.1) is 28.4 Å². The minimum atomic E-state index is -0.342. The molecule has 0 saturated heterocycles. The third-order valence-electron chi connectivity index (χ3n) is 5.86.